The highest BCUT2D eigenvalue weighted by molar-refractivity contribution is 7.96. The molecular weight excluding hydrogens is 484 g/mol. The monoisotopic (exact) mass is 508 g/mol. The molecule has 0 radical (unpaired) electrons. The number of piperidine rings is 1. The largest absolute Gasteiger partial charge is 0.417 e. The lowest BCUT2D eigenvalue weighted by atomic mass is 10.0. The molecule has 3 aromatic rings. The zero-order chi connectivity index (χ0) is 25.0. The molecule has 0 spiro atoms. The SMILES string of the molecule is CN(SONC1CCNCC1)c1ccc(NC(=O)c2c(F)cccc2C(F)(F)F)c2ccccc12. The number of alkyl halides is 3. The maximum absolute atomic E-state index is 14.3. The number of carbonyl (C=O) groups excluding carboxylic acids is 1. The van der Waals surface area contributed by atoms with E-state index in [1.807, 2.05) is 19.2 Å². The Morgan fingerprint density at radius 2 is 1.77 bits per heavy atom. The van der Waals surface area contributed by atoms with Gasteiger partial charge < -0.3 is 10.6 Å². The van der Waals surface area contributed by atoms with Gasteiger partial charge in [0.1, 0.15) is 18.0 Å². The lowest BCUT2D eigenvalue weighted by Gasteiger charge is -2.25. The van der Waals surface area contributed by atoms with Crippen LogP contribution in [0.25, 0.3) is 10.8 Å². The van der Waals surface area contributed by atoms with Crippen molar-refractivity contribution >= 4 is 40.3 Å². The predicted molar refractivity (Wildman–Crippen MR) is 129 cm³/mol. The van der Waals surface area contributed by atoms with E-state index in [1.54, 1.807) is 28.6 Å². The molecule has 186 valence electrons. The highest BCUT2D eigenvalue weighted by Gasteiger charge is 2.37. The van der Waals surface area contributed by atoms with E-state index >= 15 is 0 Å². The van der Waals surface area contributed by atoms with Crippen LogP contribution in [0.1, 0.15) is 28.8 Å². The number of fused-ring (bicyclic) bond motifs is 1. The van der Waals surface area contributed by atoms with Crippen LogP contribution in [0, 0.1) is 5.82 Å². The van der Waals surface area contributed by atoms with Gasteiger partial charge in [-0.05, 0) is 50.2 Å². The van der Waals surface area contributed by atoms with Crippen LogP contribution >= 0.6 is 12.2 Å². The van der Waals surface area contributed by atoms with Gasteiger partial charge in [0.05, 0.1) is 16.8 Å². The number of hydroxylamine groups is 1. The van der Waals surface area contributed by atoms with Gasteiger partial charge in [-0.1, -0.05) is 30.3 Å². The van der Waals surface area contributed by atoms with Crippen LogP contribution in [0.2, 0.25) is 0 Å². The van der Waals surface area contributed by atoms with Crippen molar-refractivity contribution in [2.75, 3.05) is 29.8 Å². The van der Waals surface area contributed by atoms with E-state index < -0.39 is 29.0 Å². The minimum absolute atomic E-state index is 0.256. The first-order chi connectivity index (χ1) is 16.8. The molecule has 1 heterocycles. The van der Waals surface area contributed by atoms with E-state index in [-0.39, 0.29) is 11.7 Å². The van der Waals surface area contributed by atoms with Gasteiger partial charge in [0.15, 0.2) is 0 Å². The second-order valence-corrected chi connectivity index (χ2v) is 8.95. The molecule has 0 aromatic heterocycles. The van der Waals surface area contributed by atoms with Gasteiger partial charge in [-0.15, -0.1) is 0 Å². The highest BCUT2D eigenvalue weighted by atomic mass is 32.2. The third-order valence-corrected chi connectivity index (χ3v) is 6.33. The van der Waals surface area contributed by atoms with Gasteiger partial charge in [-0.3, -0.25) is 9.10 Å². The third kappa shape index (κ3) is 5.87. The molecule has 1 saturated heterocycles. The Labute approximate surface area is 204 Å². The van der Waals surface area contributed by atoms with Crippen molar-refractivity contribution in [2.45, 2.75) is 25.1 Å². The minimum atomic E-state index is -4.87. The Bertz CT molecular complexity index is 1200. The number of carbonyl (C=O) groups is 1. The molecule has 3 aromatic carbocycles. The maximum atomic E-state index is 14.3. The molecule has 0 aliphatic carbocycles. The summed E-state index contributed by atoms with van der Waals surface area (Å²) >= 11 is 1.10. The third-order valence-electron chi connectivity index (χ3n) is 5.74. The smallest absolute Gasteiger partial charge is 0.321 e. The first-order valence-corrected chi connectivity index (χ1v) is 11.7. The fourth-order valence-electron chi connectivity index (χ4n) is 3.97. The van der Waals surface area contributed by atoms with Gasteiger partial charge in [0.25, 0.3) is 5.91 Å². The van der Waals surface area contributed by atoms with Crippen LogP contribution in [-0.2, 0) is 10.5 Å². The van der Waals surface area contributed by atoms with Crippen molar-refractivity contribution < 1.29 is 26.6 Å². The molecule has 6 nitrogen and oxygen atoms in total. The van der Waals surface area contributed by atoms with Crippen LogP contribution in [-0.4, -0.2) is 32.1 Å². The Hall–Kier alpha value is -2.86. The summed E-state index contributed by atoms with van der Waals surface area (Å²) in [6, 6.07) is 13.1. The fourth-order valence-corrected chi connectivity index (χ4v) is 4.50. The number of hydrogen-bond donors (Lipinski definition) is 3. The van der Waals surface area contributed by atoms with E-state index in [4.69, 9.17) is 4.28 Å². The summed E-state index contributed by atoms with van der Waals surface area (Å²) < 4.78 is 61.8. The van der Waals surface area contributed by atoms with Crippen LogP contribution in [0.4, 0.5) is 28.9 Å². The van der Waals surface area contributed by atoms with Gasteiger partial charge in [0, 0.05) is 29.5 Å². The second-order valence-electron chi connectivity index (χ2n) is 8.09. The average molecular weight is 509 g/mol. The standard InChI is InChI=1S/C24H24F4N4O2S/c1-32(35-34-31-15-11-13-29-14-12-15)21-10-9-20(16-5-2-3-6-17(16)21)30-23(33)22-18(24(26,27)28)7-4-8-19(22)25/h2-10,15,29,31H,11-14H2,1H3,(H,30,33). The van der Waals surface area contributed by atoms with Crippen molar-refractivity contribution in [3.63, 3.8) is 0 Å². The number of hydrogen-bond acceptors (Lipinski definition) is 6. The summed E-state index contributed by atoms with van der Waals surface area (Å²) in [4.78, 5) is 12.8. The first kappa shape index (κ1) is 25.2. The van der Waals surface area contributed by atoms with Crippen LogP contribution in [0.5, 0.6) is 0 Å². The van der Waals surface area contributed by atoms with Crippen LogP contribution < -0.4 is 20.4 Å². The number of amides is 1. The Balaban J connectivity index is 1.55. The van der Waals surface area contributed by atoms with Gasteiger partial charge in [0.2, 0.25) is 0 Å². The summed E-state index contributed by atoms with van der Waals surface area (Å²) in [5, 5.41) is 7.05. The molecule has 0 bridgehead atoms. The van der Waals surface area contributed by atoms with E-state index in [0.29, 0.717) is 11.5 Å². The summed E-state index contributed by atoms with van der Waals surface area (Å²) in [6.07, 6.45) is -2.96. The molecule has 11 heteroatoms. The number of anilines is 2. The maximum Gasteiger partial charge on any atom is 0.417 e. The number of benzene rings is 3. The van der Waals surface area contributed by atoms with Crippen molar-refractivity contribution in [2.24, 2.45) is 0 Å². The molecule has 0 atom stereocenters. The highest BCUT2D eigenvalue weighted by Crippen LogP contribution is 2.36. The summed E-state index contributed by atoms with van der Waals surface area (Å²) in [5.41, 5.74) is 1.70. The molecule has 1 fully saturated rings. The van der Waals surface area contributed by atoms with Crippen LogP contribution in [0.3, 0.4) is 0 Å². The molecule has 1 aliphatic heterocycles. The topological polar surface area (TPSA) is 65.6 Å². The molecular formula is C24H24F4N4O2S. The number of halogens is 4. The number of rotatable bonds is 7. The normalized spacial score (nSPS) is 14.8. The zero-order valence-electron chi connectivity index (χ0n) is 18.8. The van der Waals surface area contributed by atoms with E-state index in [0.717, 1.165) is 61.4 Å². The Kier molecular flexibility index (Phi) is 7.80. The lowest BCUT2D eigenvalue weighted by Crippen LogP contribution is -2.39. The summed E-state index contributed by atoms with van der Waals surface area (Å²) in [6.45, 7) is 1.85. The molecule has 3 N–H and O–H groups in total. The van der Waals surface area contributed by atoms with Crippen molar-refractivity contribution in [1.82, 2.24) is 10.8 Å². The van der Waals surface area contributed by atoms with Crippen molar-refractivity contribution in [3.8, 4) is 0 Å². The quantitative estimate of drug-likeness (QED) is 0.169. The first-order valence-electron chi connectivity index (χ1n) is 11.0. The molecule has 1 amide bonds. The predicted octanol–water partition coefficient (Wildman–Crippen LogP) is 5.52. The van der Waals surface area contributed by atoms with Crippen molar-refractivity contribution in [3.05, 3.63) is 71.5 Å². The Morgan fingerprint density at radius 3 is 2.49 bits per heavy atom. The fraction of sp³-hybridized carbons (Fsp3) is 0.292. The van der Waals surface area contributed by atoms with E-state index in [2.05, 4.69) is 16.1 Å². The average Bonchev–Trinajstić information content (AvgIpc) is 2.84. The molecule has 0 saturated carbocycles. The van der Waals surface area contributed by atoms with E-state index in [1.165, 1.54) is 0 Å². The molecule has 35 heavy (non-hydrogen) atoms. The van der Waals surface area contributed by atoms with Gasteiger partial charge in [-0.2, -0.15) is 18.7 Å². The van der Waals surface area contributed by atoms with Crippen molar-refractivity contribution in [1.29, 1.82) is 0 Å². The second kappa shape index (κ2) is 10.8. The molecule has 1 aliphatic rings. The van der Waals surface area contributed by atoms with E-state index in [9.17, 15) is 22.4 Å². The number of nitrogens with zero attached hydrogens (tertiary/aromatic N) is 1. The van der Waals surface area contributed by atoms with Gasteiger partial charge in [-0.25, -0.2) is 8.67 Å². The van der Waals surface area contributed by atoms with Crippen LogP contribution in [0.15, 0.2) is 54.6 Å². The van der Waals surface area contributed by atoms with Gasteiger partial charge >= 0.3 is 6.18 Å². The minimum Gasteiger partial charge on any atom is -0.321 e. The lowest BCUT2D eigenvalue weighted by molar-refractivity contribution is -0.138. The molecule has 4 rings (SSSR count). The summed E-state index contributed by atoms with van der Waals surface area (Å²) in [5.74, 6) is -2.42. The summed E-state index contributed by atoms with van der Waals surface area (Å²) in [7, 11) is 1.81. The zero-order valence-corrected chi connectivity index (χ0v) is 19.6. The molecule has 0 unspecified atom stereocenters. The Morgan fingerprint density at radius 1 is 1.06 bits per heavy atom. The number of nitrogens with one attached hydrogen (secondary N) is 3.